The van der Waals surface area contributed by atoms with E-state index < -0.39 is 0 Å². The second-order valence-corrected chi connectivity index (χ2v) is 18.6. The summed E-state index contributed by atoms with van der Waals surface area (Å²) in [5.74, 6) is 0.658. The third-order valence-electron chi connectivity index (χ3n) is 10.4. The lowest BCUT2D eigenvalue weighted by Gasteiger charge is -2.27. The van der Waals surface area contributed by atoms with Gasteiger partial charge in [0.15, 0.2) is 0 Å². The van der Waals surface area contributed by atoms with Crippen molar-refractivity contribution in [1.29, 1.82) is 0 Å². The van der Waals surface area contributed by atoms with Crippen molar-refractivity contribution in [2.75, 3.05) is 27.7 Å². The zero-order chi connectivity index (χ0) is 44.8. The van der Waals surface area contributed by atoms with Crippen molar-refractivity contribution in [3.63, 3.8) is 0 Å². The smallest absolute Gasteiger partial charge is 0.0827 e. The van der Waals surface area contributed by atoms with Crippen LogP contribution in [0.25, 0.3) is 0 Å². The Kier molecular flexibility index (Phi) is 40.1. The van der Waals surface area contributed by atoms with Crippen LogP contribution in [-0.4, -0.2) is 45.0 Å². The molecule has 1 aliphatic heterocycles. The Labute approximate surface area is 366 Å². The highest BCUT2D eigenvalue weighted by Gasteiger charge is 2.22. The van der Waals surface area contributed by atoms with Gasteiger partial charge >= 0.3 is 0 Å². The maximum atomic E-state index is 4.56. The normalized spacial score (nSPS) is 13.9. The molecule has 2 rings (SSSR count). The van der Waals surface area contributed by atoms with Crippen LogP contribution < -0.4 is 5.32 Å². The highest BCUT2D eigenvalue weighted by Crippen LogP contribution is 2.33. The van der Waals surface area contributed by atoms with Crippen LogP contribution in [0.3, 0.4) is 0 Å². The highest BCUT2D eigenvalue weighted by molar-refractivity contribution is 5.57. The lowest BCUT2D eigenvalue weighted by Crippen LogP contribution is -2.24. The van der Waals surface area contributed by atoms with Gasteiger partial charge in [-0.1, -0.05) is 182 Å². The molecule has 0 spiro atoms. The molecule has 58 heavy (non-hydrogen) atoms. The van der Waals surface area contributed by atoms with Crippen LogP contribution in [-0.2, 0) is 17.3 Å². The van der Waals surface area contributed by atoms with Crippen LogP contribution in [0.2, 0.25) is 0 Å². The highest BCUT2D eigenvalue weighted by atomic mass is 15.0. The van der Waals surface area contributed by atoms with E-state index in [1.807, 2.05) is 60.1 Å². The zero-order valence-electron chi connectivity index (χ0n) is 41.9. The molecule has 3 heteroatoms. The minimum Gasteiger partial charge on any atom is -0.372 e. The van der Waals surface area contributed by atoms with E-state index >= 15 is 0 Å². The predicted molar refractivity (Wildman–Crippen MR) is 270 cm³/mol. The molecule has 3 nitrogen and oxygen atoms in total. The lowest BCUT2D eigenvalue weighted by molar-refractivity contribution is 0.438. The molecule has 0 fully saturated rings. The zero-order valence-corrected chi connectivity index (χ0v) is 41.9. The van der Waals surface area contributed by atoms with Gasteiger partial charge in [-0.15, -0.1) is 13.2 Å². The fourth-order valence-electron chi connectivity index (χ4n) is 6.81. The molecule has 0 bridgehead atoms. The summed E-state index contributed by atoms with van der Waals surface area (Å²) in [5.41, 5.74) is 7.62. The number of rotatable bonds is 26. The molecule has 0 amide bonds. The van der Waals surface area contributed by atoms with Crippen LogP contribution in [0.4, 0.5) is 0 Å². The molecule has 2 unspecified atom stereocenters. The van der Waals surface area contributed by atoms with Crippen LogP contribution in [0.5, 0.6) is 0 Å². The number of hydrogen-bond acceptors (Lipinski definition) is 3. The van der Waals surface area contributed by atoms with Gasteiger partial charge in [-0.3, -0.25) is 4.99 Å². The summed E-state index contributed by atoms with van der Waals surface area (Å²) in [7, 11) is 6.00. The summed E-state index contributed by atoms with van der Waals surface area (Å²) in [4.78, 5) is 6.34. The summed E-state index contributed by atoms with van der Waals surface area (Å²) in [6.07, 6.45) is 33.7. The van der Waals surface area contributed by atoms with Crippen molar-refractivity contribution in [1.82, 2.24) is 10.2 Å². The average Bonchev–Trinajstić information content (AvgIpc) is 3.72. The van der Waals surface area contributed by atoms with Gasteiger partial charge in [-0.25, -0.2) is 0 Å². The summed E-state index contributed by atoms with van der Waals surface area (Å²) in [6, 6.07) is 7.96. The first-order valence-electron chi connectivity index (χ1n) is 24.1. The van der Waals surface area contributed by atoms with Gasteiger partial charge in [0, 0.05) is 6.04 Å². The first-order valence-corrected chi connectivity index (χ1v) is 24.1. The molecule has 0 saturated heterocycles. The van der Waals surface area contributed by atoms with E-state index in [0.29, 0.717) is 12.0 Å². The summed E-state index contributed by atoms with van der Waals surface area (Å²) < 4.78 is 0. The summed E-state index contributed by atoms with van der Waals surface area (Å²) in [6.45, 7) is 40.4. The molecule has 1 N–H and O–H groups in total. The molecule has 1 aliphatic rings. The largest absolute Gasteiger partial charge is 0.372 e. The number of unbranched alkanes of at least 4 members (excludes halogenated alkanes) is 11. The molecule has 1 aromatic rings. The quantitative estimate of drug-likeness (QED) is 0.0746. The number of allylic oxidation sites excluding steroid dienone is 4. The fourth-order valence-corrected chi connectivity index (χ4v) is 6.81. The number of benzene rings is 1. The Hall–Kier alpha value is -2.39. The molecule has 1 aromatic carbocycles. The Balaban J connectivity index is -0.00000276. The monoisotopic (exact) mass is 806 g/mol. The maximum Gasteiger partial charge on any atom is 0.0827 e. The number of hydrogen-bond donors (Lipinski definition) is 1. The summed E-state index contributed by atoms with van der Waals surface area (Å²) >= 11 is 0. The first kappa shape index (κ1) is 59.9. The Morgan fingerprint density at radius 1 is 0.690 bits per heavy atom. The van der Waals surface area contributed by atoms with Gasteiger partial charge in [0.2, 0.25) is 0 Å². The Bertz CT molecular complexity index is 1120. The number of aliphatic imine (C=N–C) groups is 1. The average molecular weight is 806 g/mol. The Morgan fingerprint density at radius 3 is 1.55 bits per heavy atom. The topological polar surface area (TPSA) is 27.6 Å². The minimum absolute atomic E-state index is 0.150. The standard InChI is InChI=1S/C46H78N2.C3H9N.2C2H6.C2H4/c1-10-11-12-13-14-15-16-17-18-19-20-21-22-23-24-25-38(2)26-29-40(30-27-39(3)28-31-44-36-47-37-48-44)32-41-33-42(45(4,5)6)35-43(34-41)46(7,8)9;1-4(2)3;3*1-2/h14-15,33-35,37,40,44H,2-3,10-13,16-32,36H2,1,4-9H3,(H,47,48);1-3H3;2*1-2H3;1-2H2/b15-14-;;;;. The molecule has 338 valence electrons. The molecular weight excluding hydrogens is 703 g/mol. The van der Waals surface area contributed by atoms with E-state index in [1.165, 1.54) is 137 Å². The van der Waals surface area contributed by atoms with Crippen molar-refractivity contribution < 1.29 is 0 Å². The van der Waals surface area contributed by atoms with Crippen molar-refractivity contribution in [2.24, 2.45) is 10.9 Å². The predicted octanol–water partition coefficient (Wildman–Crippen LogP) is 17.0. The van der Waals surface area contributed by atoms with Gasteiger partial charge in [0.1, 0.15) is 0 Å². The van der Waals surface area contributed by atoms with Crippen molar-refractivity contribution in [3.05, 3.63) is 84.5 Å². The van der Waals surface area contributed by atoms with Gasteiger partial charge in [-0.05, 0) is 138 Å². The van der Waals surface area contributed by atoms with E-state index in [9.17, 15) is 0 Å². The van der Waals surface area contributed by atoms with E-state index in [1.54, 1.807) is 0 Å². The van der Waals surface area contributed by atoms with Gasteiger partial charge in [-0.2, -0.15) is 0 Å². The minimum atomic E-state index is 0.150. The molecule has 0 aliphatic carbocycles. The lowest BCUT2D eigenvalue weighted by atomic mass is 9.78. The Morgan fingerprint density at radius 2 is 1.12 bits per heavy atom. The third kappa shape index (κ3) is 35.5. The van der Waals surface area contributed by atoms with E-state index in [2.05, 4.69) is 115 Å². The SMILES string of the molecule is C=C.C=C(CCCCCCCCCC/C=C\CCCCC)CCC(CCC(=C)CCC1CN=CN1)Cc1cc(C(C)(C)C)cc(C(C)(C)C)c1.CC.CC.CN(C)C. The van der Waals surface area contributed by atoms with Crippen LogP contribution in [0.1, 0.15) is 221 Å². The number of nitrogens with zero attached hydrogens (tertiary/aromatic N) is 2. The van der Waals surface area contributed by atoms with Crippen LogP contribution in [0.15, 0.2) is 72.8 Å². The van der Waals surface area contributed by atoms with Gasteiger partial charge < -0.3 is 10.2 Å². The maximum absolute atomic E-state index is 4.56. The van der Waals surface area contributed by atoms with Crippen LogP contribution >= 0.6 is 0 Å². The van der Waals surface area contributed by atoms with Gasteiger partial charge in [0.25, 0.3) is 0 Å². The first-order chi connectivity index (χ1) is 27.6. The van der Waals surface area contributed by atoms with Crippen molar-refractivity contribution in [3.8, 4) is 0 Å². The molecule has 1 heterocycles. The molecule has 0 saturated carbocycles. The van der Waals surface area contributed by atoms with Crippen molar-refractivity contribution in [2.45, 2.75) is 228 Å². The summed E-state index contributed by atoms with van der Waals surface area (Å²) in [5, 5.41) is 3.38. The fraction of sp³-hybridized carbons (Fsp3) is 0.727. The molecule has 0 aromatic heterocycles. The van der Waals surface area contributed by atoms with E-state index in [0.717, 1.165) is 32.2 Å². The van der Waals surface area contributed by atoms with E-state index in [4.69, 9.17) is 0 Å². The molecular formula is C55H103N3. The van der Waals surface area contributed by atoms with E-state index in [-0.39, 0.29) is 10.8 Å². The second kappa shape index (κ2) is 38.8. The molecule has 0 radical (unpaired) electrons. The van der Waals surface area contributed by atoms with Gasteiger partial charge in [0.05, 0.1) is 12.9 Å². The molecule has 2 atom stereocenters. The third-order valence-corrected chi connectivity index (χ3v) is 10.4. The number of nitrogens with one attached hydrogen (secondary N) is 1. The van der Waals surface area contributed by atoms with Crippen molar-refractivity contribution >= 4 is 6.34 Å². The second-order valence-electron chi connectivity index (χ2n) is 18.6. The van der Waals surface area contributed by atoms with Crippen LogP contribution in [0, 0.1) is 5.92 Å².